The van der Waals surface area contributed by atoms with Crippen LogP contribution < -0.4 is 10.6 Å². The van der Waals surface area contributed by atoms with Crippen molar-refractivity contribution in [3.05, 3.63) is 108 Å². The van der Waals surface area contributed by atoms with Gasteiger partial charge in [-0.05, 0) is 28.9 Å². The molecule has 248 valence electrons. The fourth-order valence-electron chi connectivity index (χ4n) is 5.77. The highest BCUT2D eigenvalue weighted by Crippen LogP contribution is 2.32. The Labute approximate surface area is 273 Å². The van der Waals surface area contributed by atoms with Crippen molar-refractivity contribution >= 4 is 17.3 Å². The van der Waals surface area contributed by atoms with Crippen LogP contribution >= 0.6 is 12.2 Å². The van der Waals surface area contributed by atoms with Crippen LogP contribution in [0.25, 0.3) is 0 Å². The van der Waals surface area contributed by atoms with E-state index in [9.17, 15) is 25.5 Å². The highest BCUT2D eigenvalue weighted by atomic mass is 32.1. The normalized spacial score (nSPS) is 31.0. The zero-order chi connectivity index (χ0) is 32.5. The van der Waals surface area contributed by atoms with Gasteiger partial charge in [-0.15, -0.1) is 0 Å². The topological polar surface area (TPSA) is 162 Å². The second-order valence-corrected chi connectivity index (χ2v) is 12.1. The van der Waals surface area contributed by atoms with Crippen molar-refractivity contribution in [3.63, 3.8) is 0 Å². The number of ether oxygens (including phenoxy) is 4. The number of aliphatic hydroxyl groups is 5. The molecule has 46 heavy (non-hydrogen) atoms. The third kappa shape index (κ3) is 8.47. The Balaban J connectivity index is 1.32. The molecule has 0 unspecified atom stereocenters. The zero-order valence-corrected chi connectivity index (χ0v) is 26.1. The van der Waals surface area contributed by atoms with Gasteiger partial charge in [0.2, 0.25) is 0 Å². The largest absolute Gasteiger partial charge is 0.393 e. The van der Waals surface area contributed by atoms with E-state index >= 15 is 0 Å². The number of hydrogen-bond donors (Lipinski definition) is 7. The summed E-state index contributed by atoms with van der Waals surface area (Å²) in [6, 6.07) is 27.9. The van der Waals surface area contributed by atoms with E-state index in [1.165, 1.54) is 0 Å². The third-order valence-electron chi connectivity index (χ3n) is 8.42. The zero-order valence-electron chi connectivity index (χ0n) is 25.3. The molecule has 3 aromatic carbocycles. The number of hydrogen-bond acceptors (Lipinski definition) is 10. The van der Waals surface area contributed by atoms with Crippen molar-refractivity contribution in [1.29, 1.82) is 0 Å². The van der Waals surface area contributed by atoms with Gasteiger partial charge in [-0.1, -0.05) is 91.0 Å². The minimum atomic E-state index is -2.24. The number of rotatable bonds is 13. The molecule has 5 rings (SSSR count). The summed E-state index contributed by atoms with van der Waals surface area (Å²) in [7, 11) is 0. The van der Waals surface area contributed by atoms with E-state index in [2.05, 4.69) is 10.6 Å². The van der Waals surface area contributed by atoms with Crippen LogP contribution in [-0.2, 0) is 38.8 Å². The second kappa shape index (κ2) is 16.2. The Kier molecular flexibility index (Phi) is 12.1. The molecular weight excluding hydrogens is 612 g/mol. The first-order valence-electron chi connectivity index (χ1n) is 15.3. The molecule has 9 atom stereocenters. The first-order chi connectivity index (χ1) is 22.3. The van der Waals surface area contributed by atoms with Gasteiger partial charge in [0.25, 0.3) is 0 Å². The van der Waals surface area contributed by atoms with E-state index in [0.717, 1.165) is 16.7 Å². The summed E-state index contributed by atoms with van der Waals surface area (Å²) in [5.41, 5.74) is 0.739. The van der Waals surface area contributed by atoms with Gasteiger partial charge in [0.1, 0.15) is 36.1 Å². The standard InChI is InChI=1S/C34H42N2O9S/c37-21-34(41)30(28(38)29(39)31(34)40)35-33(46)36-32-26(44-19-24-14-8-3-9-15-24)16-25(43-18-23-12-6-2-7-13-23)27(45-32)20-42-17-22-10-4-1-5-11-22/h1-15,25-32,37-41H,16-21H2,(H2,35,36,46)/t25-,26+,27+,28+,29+,30+,31-,32-,34-/m0/s1. The lowest BCUT2D eigenvalue weighted by atomic mass is 9.96. The van der Waals surface area contributed by atoms with Gasteiger partial charge < -0.3 is 55.1 Å². The molecule has 2 aliphatic rings. The first-order valence-corrected chi connectivity index (χ1v) is 15.7. The fraction of sp³-hybridized carbons (Fsp3) is 0.441. The van der Waals surface area contributed by atoms with Gasteiger partial charge in [0.05, 0.1) is 45.2 Å². The van der Waals surface area contributed by atoms with Gasteiger partial charge in [-0.25, -0.2) is 0 Å². The molecule has 12 heteroatoms. The molecular formula is C34H42N2O9S. The van der Waals surface area contributed by atoms with Crippen LogP contribution in [0.5, 0.6) is 0 Å². The van der Waals surface area contributed by atoms with Crippen LogP contribution in [0.15, 0.2) is 91.0 Å². The Bertz CT molecular complexity index is 1360. The SMILES string of the molecule is OC[C@]1(O)[C@H](NC(=S)N[C@H]2O[C@H](COCc3ccccc3)[C@@H](OCc3ccccc3)C[C@H]2OCc2ccccc2)[C@H](O)[C@@H](O)[C@@H]1O. The van der Waals surface area contributed by atoms with Crippen molar-refractivity contribution < 1.29 is 44.5 Å². The molecule has 1 heterocycles. The number of benzene rings is 3. The molecule has 1 aliphatic carbocycles. The second-order valence-electron chi connectivity index (χ2n) is 11.7. The summed E-state index contributed by atoms with van der Waals surface area (Å²) in [5, 5.41) is 57.4. The van der Waals surface area contributed by atoms with Crippen molar-refractivity contribution in [2.45, 2.75) is 80.7 Å². The molecule has 0 spiro atoms. The molecule has 0 bridgehead atoms. The molecule has 1 saturated carbocycles. The van der Waals surface area contributed by atoms with Crippen molar-refractivity contribution in [1.82, 2.24) is 10.6 Å². The van der Waals surface area contributed by atoms with Gasteiger partial charge in [-0.2, -0.15) is 0 Å². The summed E-state index contributed by atoms with van der Waals surface area (Å²) in [6.07, 6.45) is -7.00. The first kappa shape index (κ1) is 34.3. The van der Waals surface area contributed by atoms with E-state index in [1.807, 2.05) is 91.0 Å². The van der Waals surface area contributed by atoms with E-state index in [1.54, 1.807) is 0 Å². The monoisotopic (exact) mass is 654 g/mol. The van der Waals surface area contributed by atoms with E-state index in [0.29, 0.717) is 19.6 Å². The van der Waals surface area contributed by atoms with Gasteiger partial charge in [0, 0.05) is 6.42 Å². The highest BCUT2D eigenvalue weighted by Gasteiger charge is 2.59. The predicted molar refractivity (Wildman–Crippen MR) is 172 cm³/mol. The molecule has 1 saturated heterocycles. The maximum absolute atomic E-state index is 10.8. The van der Waals surface area contributed by atoms with Crippen molar-refractivity contribution in [3.8, 4) is 0 Å². The number of nitrogens with one attached hydrogen (secondary N) is 2. The molecule has 1 aliphatic heterocycles. The Morgan fingerprint density at radius 3 is 1.83 bits per heavy atom. The molecule has 0 aromatic heterocycles. The highest BCUT2D eigenvalue weighted by molar-refractivity contribution is 7.80. The van der Waals surface area contributed by atoms with Crippen LogP contribution in [-0.4, -0.2) is 98.4 Å². The number of aliphatic hydroxyl groups excluding tert-OH is 4. The quantitative estimate of drug-likeness (QED) is 0.132. The summed E-state index contributed by atoms with van der Waals surface area (Å²) in [4.78, 5) is 0. The Morgan fingerprint density at radius 2 is 1.28 bits per heavy atom. The van der Waals surface area contributed by atoms with Gasteiger partial charge in [-0.3, -0.25) is 0 Å². The van der Waals surface area contributed by atoms with Crippen molar-refractivity contribution in [2.75, 3.05) is 13.2 Å². The molecule has 0 amide bonds. The Hall–Kier alpha value is -3.01. The summed E-state index contributed by atoms with van der Waals surface area (Å²) in [6.45, 7) is 0.312. The lowest BCUT2D eigenvalue weighted by molar-refractivity contribution is -0.218. The van der Waals surface area contributed by atoms with E-state index in [4.69, 9.17) is 31.2 Å². The van der Waals surface area contributed by atoms with Crippen LogP contribution in [0.1, 0.15) is 23.1 Å². The molecule has 11 nitrogen and oxygen atoms in total. The average molecular weight is 655 g/mol. The van der Waals surface area contributed by atoms with E-state index in [-0.39, 0.29) is 18.3 Å². The number of thiocarbonyl (C=S) groups is 1. The lowest BCUT2D eigenvalue weighted by Gasteiger charge is -2.42. The van der Waals surface area contributed by atoms with Crippen molar-refractivity contribution in [2.24, 2.45) is 0 Å². The van der Waals surface area contributed by atoms with Gasteiger partial charge >= 0.3 is 0 Å². The summed E-state index contributed by atoms with van der Waals surface area (Å²) < 4.78 is 25.4. The maximum Gasteiger partial charge on any atom is 0.168 e. The molecule has 3 aromatic rings. The minimum Gasteiger partial charge on any atom is -0.393 e. The van der Waals surface area contributed by atoms with Crippen LogP contribution in [0.2, 0.25) is 0 Å². The predicted octanol–water partition coefficient (Wildman–Crippen LogP) is 1.14. The molecule has 7 N–H and O–H groups in total. The van der Waals surface area contributed by atoms with Crippen LogP contribution in [0.4, 0.5) is 0 Å². The smallest absolute Gasteiger partial charge is 0.168 e. The third-order valence-corrected chi connectivity index (χ3v) is 8.66. The molecule has 2 fully saturated rings. The van der Waals surface area contributed by atoms with E-state index < -0.39 is 61.1 Å². The van der Waals surface area contributed by atoms with Gasteiger partial charge in [0.15, 0.2) is 11.3 Å². The van der Waals surface area contributed by atoms with Crippen LogP contribution in [0.3, 0.4) is 0 Å². The lowest BCUT2D eigenvalue weighted by Crippen LogP contribution is -2.63. The summed E-state index contributed by atoms with van der Waals surface area (Å²) >= 11 is 5.53. The molecule has 0 radical (unpaired) electrons. The van der Waals surface area contributed by atoms with Crippen LogP contribution in [0, 0.1) is 0 Å². The fourth-order valence-corrected chi connectivity index (χ4v) is 6.01. The Morgan fingerprint density at radius 1 is 0.761 bits per heavy atom. The maximum atomic E-state index is 10.8. The minimum absolute atomic E-state index is 0.0526. The average Bonchev–Trinajstić information content (AvgIpc) is 3.24. The summed E-state index contributed by atoms with van der Waals surface area (Å²) in [5.74, 6) is 0.